The van der Waals surface area contributed by atoms with Gasteiger partial charge in [-0.25, -0.2) is 4.90 Å². The third-order valence-electron chi connectivity index (χ3n) is 4.87. The fourth-order valence-electron chi connectivity index (χ4n) is 4.01. The Labute approximate surface area is 125 Å². The molecule has 0 unspecified atom stereocenters. The third-order valence-corrected chi connectivity index (χ3v) is 5.36. The van der Waals surface area contributed by atoms with Gasteiger partial charge in [-0.1, -0.05) is 28.1 Å². The summed E-state index contributed by atoms with van der Waals surface area (Å²) in [7, 11) is 0. The van der Waals surface area contributed by atoms with Gasteiger partial charge in [-0.2, -0.15) is 0 Å². The number of hydrogen-bond donors (Lipinski definition) is 0. The zero-order valence-corrected chi connectivity index (χ0v) is 12.6. The van der Waals surface area contributed by atoms with E-state index in [2.05, 4.69) is 28.1 Å². The molecule has 2 aliphatic carbocycles. The first-order valence-corrected chi connectivity index (χ1v) is 7.69. The molecule has 1 saturated carbocycles. The molecule has 4 atom stereocenters. The van der Waals surface area contributed by atoms with Crippen LogP contribution in [-0.2, 0) is 9.59 Å². The molecule has 1 aromatic rings. The van der Waals surface area contributed by atoms with E-state index in [4.69, 9.17) is 0 Å². The maximum atomic E-state index is 12.7. The van der Waals surface area contributed by atoms with Gasteiger partial charge in [0.05, 0.1) is 17.5 Å². The predicted molar refractivity (Wildman–Crippen MR) is 79.1 cm³/mol. The van der Waals surface area contributed by atoms with Crippen LogP contribution in [0.15, 0.2) is 34.8 Å². The molecule has 0 radical (unpaired) electrons. The van der Waals surface area contributed by atoms with Crippen LogP contribution in [-0.4, -0.2) is 11.8 Å². The highest BCUT2D eigenvalue weighted by Crippen LogP contribution is 2.53. The van der Waals surface area contributed by atoms with Crippen LogP contribution in [0.5, 0.6) is 0 Å². The number of rotatable bonds is 1. The molecule has 2 fully saturated rings. The van der Waals surface area contributed by atoms with Gasteiger partial charge in [-0.15, -0.1) is 0 Å². The standard InChI is InChI=1S/C16H14BrNO2/c1-8-6-11(17)4-5-12(8)18-15(19)13-9-2-3-10(7-9)14(13)16(18)20/h2-6,9-10,13-14H,7H2,1H3/t9-,10-,13-,14-/m0/s1. The molecular weight excluding hydrogens is 318 g/mol. The van der Waals surface area contributed by atoms with Crippen molar-refractivity contribution in [2.45, 2.75) is 13.3 Å². The number of hydrogen-bond acceptors (Lipinski definition) is 2. The van der Waals surface area contributed by atoms with E-state index < -0.39 is 0 Å². The van der Waals surface area contributed by atoms with Gasteiger partial charge >= 0.3 is 0 Å². The number of carbonyl (C=O) groups is 2. The Bertz CT molecular complexity index is 636. The topological polar surface area (TPSA) is 37.4 Å². The highest BCUT2D eigenvalue weighted by Gasteiger charge is 2.59. The van der Waals surface area contributed by atoms with Crippen LogP contribution in [0.2, 0.25) is 0 Å². The van der Waals surface area contributed by atoms with E-state index in [-0.39, 0.29) is 35.5 Å². The number of aryl methyl sites for hydroxylation is 1. The Morgan fingerprint density at radius 3 is 2.25 bits per heavy atom. The Kier molecular flexibility index (Phi) is 2.49. The van der Waals surface area contributed by atoms with Gasteiger partial charge < -0.3 is 0 Å². The molecular formula is C16H14BrNO2. The van der Waals surface area contributed by atoms with E-state index in [0.29, 0.717) is 0 Å². The molecule has 4 rings (SSSR count). The average molecular weight is 332 g/mol. The van der Waals surface area contributed by atoms with Crippen LogP contribution >= 0.6 is 15.9 Å². The summed E-state index contributed by atoms with van der Waals surface area (Å²) in [6.45, 7) is 1.93. The number of fused-ring (bicyclic) bond motifs is 5. The zero-order valence-electron chi connectivity index (χ0n) is 11.0. The molecule has 3 nitrogen and oxygen atoms in total. The number of benzene rings is 1. The van der Waals surface area contributed by atoms with Gasteiger partial charge in [0.15, 0.2) is 0 Å². The van der Waals surface area contributed by atoms with Crippen molar-refractivity contribution in [3.05, 3.63) is 40.4 Å². The van der Waals surface area contributed by atoms with Crippen molar-refractivity contribution in [1.82, 2.24) is 0 Å². The summed E-state index contributed by atoms with van der Waals surface area (Å²) >= 11 is 3.41. The Morgan fingerprint density at radius 1 is 1.10 bits per heavy atom. The van der Waals surface area contributed by atoms with Crippen molar-refractivity contribution in [1.29, 1.82) is 0 Å². The van der Waals surface area contributed by atoms with E-state index in [9.17, 15) is 9.59 Å². The lowest BCUT2D eigenvalue weighted by Crippen LogP contribution is -2.33. The maximum absolute atomic E-state index is 12.7. The number of nitrogens with zero attached hydrogens (tertiary/aromatic N) is 1. The monoisotopic (exact) mass is 331 g/mol. The van der Waals surface area contributed by atoms with Crippen molar-refractivity contribution < 1.29 is 9.59 Å². The number of carbonyl (C=O) groups excluding carboxylic acids is 2. The largest absolute Gasteiger partial charge is 0.274 e. The van der Waals surface area contributed by atoms with E-state index in [0.717, 1.165) is 22.1 Å². The summed E-state index contributed by atoms with van der Waals surface area (Å²) < 4.78 is 0.958. The van der Waals surface area contributed by atoms with Gasteiger partial charge in [0.2, 0.25) is 11.8 Å². The summed E-state index contributed by atoms with van der Waals surface area (Å²) in [6.07, 6.45) is 5.21. The van der Waals surface area contributed by atoms with Gasteiger partial charge in [0, 0.05) is 4.47 Å². The van der Waals surface area contributed by atoms with Crippen molar-refractivity contribution in [2.75, 3.05) is 4.90 Å². The first-order chi connectivity index (χ1) is 9.58. The summed E-state index contributed by atoms with van der Waals surface area (Å²) in [5.74, 6) is 0.259. The van der Waals surface area contributed by atoms with Crippen molar-refractivity contribution in [2.24, 2.45) is 23.7 Å². The average Bonchev–Trinajstić information content (AvgIpc) is 3.06. The van der Waals surface area contributed by atoms with Gasteiger partial charge in [0.25, 0.3) is 0 Å². The lowest BCUT2D eigenvalue weighted by atomic mass is 9.85. The molecule has 0 aromatic heterocycles. The third kappa shape index (κ3) is 1.46. The molecule has 20 heavy (non-hydrogen) atoms. The second-order valence-corrected chi connectivity index (χ2v) is 6.86. The Hall–Kier alpha value is -1.42. The molecule has 102 valence electrons. The molecule has 1 aromatic carbocycles. The lowest BCUT2D eigenvalue weighted by molar-refractivity contribution is -0.123. The van der Waals surface area contributed by atoms with Crippen LogP contribution in [0.4, 0.5) is 5.69 Å². The van der Waals surface area contributed by atoms with E-state index in [1.54, 1.807) is 0 Å². The minimum absolute atomic E-state index is 0.0118. The highest BCUT2D eigenvalue weighted by molar-refractivity contribution is 9.10. The molecule has 0 spiro atoms. The second-order valence-electron chi connectivity index (χ2n) is 5.94. The van der Waals surface area contributed by atoms with Crippen LogP contribution in [0.25, 0.3) is 0 Å². The summed E-state index contributed by atoms with van der Waals surface area (Å²) in [5, 5.41) is 0. The van der Waals surface area contributed by atoms with E-state index in [1.807, 2.05) is 25.1 Å². The Morgan fingerprint density at radius 2 is 1.70 bits per heavy atom. The molecule has 1 aliphatic heterocycles. The van der Waals surface area contributed by atoms with Crippen LogP contribution in [0.1, 0.15) is 12.0 Å². The molecule has 4 heteroatoms. The highest BCUT2D eigenvalue weighted by atomic mass is 79.9. The molecule has 3 aliphatic rings. The van der Waals surface area contributed by atoms with Crippen molar-refractivity contribution in [3.8, 4) is 0 Å². The van der Waals surface area contributed by atoms with Crippen LogP contribution in [0, 0.1) is 30.6 Å². The van der Waals surface area contributed by atoms with Gasteiger partial charge in [-0.05, 0) is 48.9 Å². The second kappa shape index (κ2) is 4.04. The normalized spacial score (nSPS) is 34.2. The minimum atomic E-state index is -0.124. The number of amides is 2. The minimum Gasteiger partial charge on any atom is -0.274 e. The number of halogens is 1. The van der Waals surface area contributed by atoms with E-state index in [1.165, 1.54) is 4.90 Å². The zero-order chi connectivity index (χ0) is 14.0. The maximum Gasteiger partial charge on any atom is 0.238 e. The fraction of sp³-hybridized carbons (Fsp3) is 0.375. The molecule has 1 saturated heterocycles. The lowest BCUT2D eigenvalue weighted by Gasteiger charge is -2.19. The molecule has 2 bridgehead atoms. The van der Waals surface area contributed by atoms with Crippen molar-refractivity contribution >= 4 is 33.4 Å². The van der Waals surface area contributed by atoms with Gasteiger partial charge in [0.1, 0.15) is 0 Å². The first kappa shape index (κ1) is 12.3. The van der Waals surface area contributed by atoms with Gasteiger partial charge in [-0.3, -0.25) is 9.59 Å². The molecule has 0 N–H and O–H groups in total. The summed E-state index contributed by atoms with van der Waals surface area (Å²) in [4.78, 5) is 26.8. The Balaban J connectivity index is 1.78. The summed E-state index contributed by atoms with van der Waals surface area (Å²) in [6, 6.07) is 5.67. The number of allylic oxidation sites excluding steroid dienone is 2. The van der Waals surface area contributed by atoms with Crippen LogP contribution in [0.3, 0.4) is 0 Å². The fourth-order valence-corrected chi connectivity index (χ4v) is 4.49. The molecule has 2 amide bonds. The predicted octanol–water partition coefficient (Wildman–Crippen LogP) is 3.07. The number of anilines is 1. The van der Waals surface area contributed by atoms with Crippen LogP contribution < -0.4 is 4.90 Å². The van der Waals surface area contributed by atoms with Crippen molar-refractivity contribution in [3.63, 3.8) is 0 Å². The SMILES string of the molecule is Cc1cc(Br)ccc1N1C(=O)[C@@H]2[C@@H](C1=O)[C@H]1C=C[C@H]2C1. The summed E-state index contributed by atoms with van der Waals surface area (Å²) in [5.41, 5.74) is 1.68. The quantitative estimate of drug-likeness (QED) is 0.585. The van der Waals surface area contributed by atoms with E-state index >= 15 is 0 Å². The smallest absolute Gasteiger partial charge is 0.238 e. The molecule has 1 heterocycles. The number of imide groups is 1. The first-order valence-electron chi connectivity index (χ1n) is 6.90.